The molecule has 0 aromatic heterocycles. The van der Waals surface area contributed by atoms with Crippen molar-refractivity contribution >= 4 is 15.9 Å². The molecule has 2 rings (SSSR count). The third-order valence-electron chi connectivity index (χ3n) is 3.45. The van der Waals surface area contributed by atoms with E-state index in [0.717, 1.165) is 21.5 Å². The third-order valence-corrected chi connectivity index (χ3v) is 4.07. The van der Waals surface area contributed by atoms with Gasteiger partial charge in [-0.05, 0) is 70.6 Å². The normalized spacial score (nSPS) is 12.5. The Morgan fingerprint density at radius 1 is 1.00 bits per heavy atom. The first kappa shape index (κ1) is 16.1. The van der Waals surface area contributed by atoms with Crippen LogP contribution in [0.15, 0.2) is 40.9 Å². The molecule has 112 valence electrons. The van der Waals surface area contributed by atoms with E-state index >= 15 is 0 Å². The van der Waals surface area contributed by atoms with Gasteiger partial charge in [-0.3, -0.25) is 0 Å². The largest absolute Gasteiger partial charge is 0.456 e. The minimum absolute atomic E-state index is 0.399. The summed E-state index contributed by atoms with van der Waals surface area (Å²) >= 11 is 3.52. The van der Waals surface area contributed by atoms with Crippen LogP contribution in [0.5, 0.6) is 11.5 Å². The van der Waals surface area contributed by atoms with Gasteiger partial charge in [0.15, 0.2) is 0 Å². The lowest BCUT2D eigenvalue weighted by atomic mass is 10.0. The molecule has 0 aliphatic rings. The number of hydrogen-bond acceptors (Lipinski definition) is 2. The lowest BCUT2D eigenvalue weighted by Crippen LogP contribution is -1.96. The monoisotopic (exact) mass is 348 g/mol. The summed E-state index contributed by atoms with van der Waals surface area (Å²) in [5, 5.41) is 9.62. The van der Waals surface area contributed by atoms with Crippen LogP contribution in [-0.4, -0.2) is 5.11 Å². The third kappa shape index (κ3) is 3.86. The standard InChI is InChI=1S/C18H21BrO2/c1-11(2)15-7-5-12(3)9-18(15)21-17-8-6-14(13(4)20)10-16(17)19/h5-11,13,20H,1-4H3/t13-/m0/s1. The molecular weight excluding hydrogens is 328 g/mol. The molecule has 0 fully saturated rings. The summed E-state index contributed by atoms with van der Waals surface area (Å²) in [5.74, 6) is 2.04. The molecule has 2 aromatic rings. The van der Waals surface area contributed by atoms with Gasteiger partial charge >= 0.3 is 0 Å². The van der Waals surface area contributed by atoms with E-state index in [0.29, 0.717) is 5.92 Å². The van der Waals surface area contributed by atoms with Crippen LogP contribution >= 0.6 is 15.9 Å². The highest BCUT2D eigenvalue weighted by Crippen LogP contribution is 2.36. The van der Waals surface area contributed by atoms with Crippen LogP contribution in [0.25, 0.3) is 0 Å². The lowest BCUT2D eigenvalue weighted by Gasteiger charge is -2.16. The maximum absolute atomic E-state index is 9.62. The van der Waals surface area contributed by atoms with E-state index in [1.807, 2.05) is 18.2 Å². The first-order chi connectivity index (χ1) is 9.88. The van der Waals surface area contributed by atoms with Crippen molar-refractivity contribution in [2.75, 3.05) is 0 Å². The molecule has 2 aromatic carbocycles. The summed E-state index contributed by atoms with van der Waals surface area (Å²) in [6, 6.07) is 11.9. The van der Waals surface area contributed by atoms with Crippen LogP contribution < -0.4 is 4.74 Å². The fraction of sp³-hybridized carbons (Fsp3) is 0.333. The summed E-state index contributed by atoms with van der Waals surface area (Å²) in [6.07, 6.45) is -0.486. The Morgan fingerprint density at radius 2 is 1.71 bits per heavy atom. The Labute approximate surface area is 134 Å². The van der Waals surface area contributed by atoms with Crippen molar-refractivity contribution in [1.82, 2.24) is 0 Å². The number of rotatable bonds is 4. The second-order valence-electron chi connectivity index (χ2n) is 5.66. The van der Waals surface area contributed by atoms with E-state index in [1.165, 1.54) is 11.1 Å². The molecule has 2 nitrogen and oxygen atoms in total. The van der Waals surface area contributed by atoms with E-state index in [2.05, 4.69) is 54.9 Å². The molecule has 0 radical (unpaired) electrons. The molecule has 0 bridgehead atoms. The van der Waals surface area contributed by atoms with Gasteiger partial charge in [0.1, 0.15) is 11.5 Å². The van der Waals surface area contributed by atoms with Gasteiger partial charge in [0.05, 0.1) is 10.6 Å². The fourth-order valence-corrected chi connectivity index (χ4v) is 2.66. The molecule has 0 aliphatic heterocycles. The Bertz CT molecular complexity index is 633. The number of aliphatic hydroxyl groups excluding tert-OH is 1. The van der Waals surface area contributed by atoms with Crippen LogP contribution in [0.2, 0.25) is 0 Å². The molecule has 1 atom stereocenters. The van der Waals surface area contributed by atoms with Gasteiger partial charge in [-0.1, -0.05) is 32.0 Å². The zero-order valence-electron chi connectivity index (χ0n) is 12.9. The van der Waals surface area contributed by atoms with E-state index in [-0.39, 0.29) is 0 Å². The molecule has 0 spiro atoms. The first-order valence-corrected chi connectivity index (χ1v) is 7.93. The number of halogens is 1. The average molecular weight is 349 g/mol. The van der Waals surface area contributed by atoms with Gasteiger partial charge in [-0.15, -0.1) is 0 Å². The molecule has 0 amide bonds. The molecular formula is C18H21BrO2. The molecule has 0 unspecified atom stereocenters. The smallest absolute Gasteiger partial charge is 0.141 e. The van der Waals surface area contributed by atoms with Gasteiger partial charge < -0.3 is 9.84 Å². The van der Waals surface area contributed by atoms with E-state index in [1.54, 1.807) is 6.92 Å². The molecule has 3 heteroatoms. The molecule has 21 heavy (non-hydrogen) atoms. The minimum atomic E-state index is -0.486. The van der Waals surface area contributed by atoms with Crippen molar-refractivity contribution in [2.45, 2.75) is 39.7 Å². The number of aryl methyl sites for hydroxylation is 1. The summed E-state index contributed by atoms with van der Waals surface area (Å²) in [7, 11) is 0. The zero-order chi connectivity index (χ0) is 15.6. The van der Waals surface area contributed by atoms with Gasteiger partial charge in [0, 0.05) is 0 Å². The van der Waals surface area contributed by atoms with E-state index < -0.39 is 6.10 Å². The Hall–Kier alpha value is -1.32. The summed E-state index contributed by atoms with van der Waals surface area (Å²) < 4.78 is 6.93. The number of benzene rings is 2. The van der Waals surface area contributed by atoms with E-state index in [9.17, 15) is 5.11 Å². The maximum Gasteiger partial charge on any atom is 0.141 e. The zero-order valence-corrected chi connectivity index (χ0v) is 14.4. The summed E-state index contributed by atoms with van der Waals surface area (Å²) in [6.45, 7) is 8.12. The highest BCUT2D eigenvalue weighted by Gasteiger charge is 2.12. The second-order valence-corrected chi connectivity index (χ2v) is 6.52. The fourth-order valence-electron chi connectivity index (χ4n) is 2.19. The highest BCUT2D eigenvalue weighted by molar-refractivity contribution is 9.10. The number of aliphatic hydroxyl groups is 1. The predicted molar refractivity (Wildman–Crippen MR) is 90.1 cm³/mol. The Morgan fingerprint density at radius 3 is 2.29 bits per heavy atom. The molecule has 0 aliphatic carbocycles. The van der Waals surface area contributed by atoms with E-state index in [4.69, 9.17) is 4.74 Å². The second kappa shape index (κ2) is 6.63. The maximum atomic E-state index is 9.62. The van der Waals surface area contributed by atoms with Crippen molar-refractivity contribution in [1.29, 1.82) is 0 Å². The van der Waals surface area contributed by atoms with Crippen LogP contribution in [0.3, 0.4) is 0 Å². The average Bonchev–Trinajstić information content (AvgIpc) is 2.40. The van der Waals surface area contributed by atoms with Crippen molar-refractivity contribution in [2.24, 2.45) is 0 Å². The van der Waals surface area contributed by atoms with Crippen LogP contribution in [0.1, 0.15) is 49.5 Å². The van der Waals surface area contributed by atoms with Crippen molar-refractivity contribution < 1.29 is 9.84 Å². The topological polar surface area (TPSA) is 29.5 Å². The lowest BCUT2D eigenvalue weighted by molar-refractivity contribution is 0.199. The van der Waals surface area contributed by atoms with Crippen LogP contribution in [-0.2, 0) is 0 Å². The summed E-state index contributed by atoms with van der Waals surface area (Å²) in [4.78, 5) is 0. The number of ether oxygens (including phenoxy) is 1. The molecule has 1 N–H and O–H groups in total. The van der Waals surface area contributed by atoms with Gasteiger partial charge in [0.25, 0.3) is 0 Å². The quantitative estimate of drug-likeness (QED) is 0.764. The minimum Gasteiger partial charge on any atom is -0.456 e. The number of hydrogen-bond donors (Lipinski definition) is 1. The predicted octanol–water partition coefficient (Wildman–Crippen LogP) is 5.73. The highest BCUT2D eigenvalue weighted by atomic mass is 79.9. The Balaban J connectivity index is 2.36. The van der Waals surface area contributed by atoms with Crippen LogP contribution in [0, 0.1) is 6.92 Å². The summed E-state index contributed by atoms with van der Waals surface area (Å²) in [5.41, 5.74) is 3.22. The first-order valence-electron chi connectivity index (χ1n) is 7.14. The molecule has 0 heterocycles. The molecule has 0 saturated carbocycles. The molecule has 0 saturated heterocycles. The Kier molecular flexibility index (Phi) is 5.07. The van der Waals surface area contributed by atoms with Gasteiger partial charge in [-0.25, -0.2) is 0 Å². The van der Waals surface area contributed by atoms with Gasteiger partial charge in [-0.2, -0.15) is 0 Å². The van der Waals surface area contributed by atoms with Crippen molar-refractivity contribution in [3.8, 4) is 11.5 Å². The van der Waals surface area contributed by atoms with Crippen LogP contribution in [0.4, 0.5) is 0 Å². The van der Waals surface area contributed by atoms with Gasteiger partial charge in [0.2, 0.25) is 0 Å². The SMILES string of the molecule is Cc1ccc(C(C)C)c(Oc2ccc([C@H](C)O)cc2Br)c1. The van der Waals surface area contributed by atoms with Crippen molar-refractivity contribution in [3.05, 3.63) is 57.6 Å². The van der Waals surface area contributed by atoms with Crippen molar-refractivity contribution in [3.63, 3.8) is 0 Å².